The van der Waals surface area contributed by atoms with Crippen molar-refractivity contribution in [2.75, 3.05) is 6.61 Å². The van der Waals surface area contributed by atoms with E-state index in [1.54, 1.807) is 0 Å². The molecule has 46 heavy (non-hydrogen) atoms. The summed E-state index contributed by atoms with van der Waals surface area (Å²) < 4.78 is 33.2. The molecule has 0 aliphatic carbocycles. The Kier molecular flexibility index (Phi) is 12.4. The van der Waals surface area contributed by atoms with Crippen molar-refractivity contribution in [3.8, 4) is 11.5 Å². The van der Waals surface area contributed by atoms with Crippen molar-refractivity contribution in [3.63, 3.8) is 0 Å². The number of hydrogen-bond donors (Lipinski definition) is 0. The number of allylic oxidation sites excluding steroid dienone is 1. The molecule has 1 heterocycles. The highest BCUT2D eigenvalue weighted by Gasteiger charge is 2.46. The monoisotopic (exact) mass is 632 g/mol. The van der Waals surface area contributed by atoms with Gasteiger partial charge in [0.15, 0.2) is 6.10 Å². The van der Waals surface area contributed by atoms with Gasteiger partial charge in [0.25, 0.3) is 0 Å². The molecule has 4 aromatic carbocycles. The summed E-state index contributed by atoms with van der Waals surface area (Å²) in [6, 6.07) is 40.6. The molecule has 0 amide bonds. The van der Waals surface area contributed by atoms with Crippen molar-refractivity contribution in [3.05, 3.63) is 155 Å². The zero-order valence-electron chi connectivity index (χ0n) is 27.0. The van der Waals surface area contributed by atoms with Crippen LogP contribution in [0.5, 0.6) is 0 Å². The van der Waals surface area contributed by atoms with Gasteiger partial charge < -0.3 is 23.7 Å². The number of hydrogen-bond acceptors (Lipinski definition) is 5. The van der Waals surface area contributed by atoms with Crippen LogP contribution in [0.4, 0.5) is 0 Å². The van der Waals surface area contributed by atoms with Crippen molar-refractivity contribution in [2.24, 2.45) is 0 Å². The molecule has 5 rings (SSSR count). The molecule has 1 aliphatic heterocycles. The molecule has 0 unspecified atom stereocenters. The minimum Gasteiger partial charge on any atom is -0.486 e. The first kappa shape index (κ1) is 33.4. The zero-order valence-corrected chi connectivity index (χ0v) is 28.0. The van der Waals surface area contributed by atoms with Gasteiger partial charge in [0, 0.05) is 6.08 Å². The van der Waals surface area contributed by atoms with Crippen LogP contribution in [-0.2, 0) is 50.1 Å². The minimum atomic E-state index is -1.63. The predicted molar refractivity (Wildman–Crippen MR) is 185 cm³/mol. The largest absolute Gasteiger partial charge is 0.486 e. The van der Waals surface area contributed by atoms with E-state index in [-0.39, 0.29) is 0 Å². The SMILES string of the molecule is C[Si](C)(C)C#C/C=C1\O[C@H](COCc2ccccc2)[C@@H](OCc2ccccc2)[C@H](OCc2ccccc2)[C@@H]1OCc1ccccc1. The van der Waals surface area contributed by atoms with E-state index in [9.17, 15) is 0 Å². The molecular formula is C40H44O5Si. The van der Waals surface area contributed by atoms with Gasteiger partial charge in [0.2, 0.25) is 0 Å². The maximum atomic E-state index is 6.78. The molecular weight excluding hydrogens is 589 g/mol. The van der Waals surface area contributed by atoms with Crippen LogP contribution >= 0.6 is 0 Å². The van der Waals surface area contributed by atoms with Crippen LogP contribution in [0, 0.1) is 11.5 Å². The molecule has 4 atom stereocenters. The summed E-state index contributed by atoms with van der Waals surface area (Å²) in [4.78, 5) is 0. The third kappa shape index (κ3) is 10.6. The third-order valence-electron chi connectivity index (χ3n) is 7.45. The molecule has 6 heteroatoms. The molecule has 0 spiro atoms. The van der Waals surface area contributed by atoms with Crippen molar-refractivity contribution in [1.29, 1.82) is 0 Å². The van der Waals surface area contributed by atoms with Gasteiger partial charge in [-0.3, -0.25) is 0 Å². The van der Waals surface area contributed by atoms with Gasteiger partial charge in [-0.15, -0.1) is 5.54 Å². The van der Waals surface area contributed by atoms with Gasteiger partial charge in [0.05, 0.1) is 33.0 Å². The average molecular weight is 633 g/mol. The lowest BCUT2D eigenvalue weighted by molar-refractivity contribution is -0.223. The molecule has 238 valence electrons. The standard InChI is InChI=1S/C40H44O5Si/c1-46(2,3)26-16-25-36-38(42-28-33-19-10-5-11-20-33)40(44-30-35-23-14-7-15-24-35)39(43-29-34-21-12-6-13-22-34)37(45-36)31-41-27-32-17-8-4-9-18-32/h4-15,17-25,37-40H,27-31H2,1-3H3/b36-25-/t37-,38-,39-,40-/m1/s1. The quantitative estimate of drug-likeness (QED) is 0.110. The molecule has 0 saturated carbocycles. The van der Waals surface area contributed by atoms with Crippen LogP contribution < -0.4 is 0 Å². The van der Waals surface area contributed by atoms with E-state index in [4.69, 9.17) is 23.7 Å². The highest BCUT2D eigenvalue weighted by molar-refractivity contribution is 6.83. The maximum Gasteiger partial charge on any atom is 0.150 e. The Morgan fingerprint density at radius 3 is 1.50 bits per heavy atom. The van der Waals surface area contributed by atoms with E-state index in [1.807, 2.05) is 78.9 Å². The normalized spacial score (nSPS) is 20.5. The van der Waals surface area contributed by atoms with E-state index in [0.717, 1.165) is 22.3 Å². The van der Waals surface area contributed by atoms with E-state index >= 15 is 0 Å². The van der Waals surface area contributed by atoms with Gasteiger partial charge in [-0.2, -0.15) is 0 Å². The topological polar surface area (TPSA) is 46.2 Å². The van der Waals surface area contributed by atoms with Gasteiger partial charge >= 0.3 is 0 Å². The highest BCUT2D eigenvalue weighted by Crippen LogP contribution is 2.33. The van der Waals surface area contributed by atoms with Gasteiger partial charge in [-0.1, -0.05) is 147 Å². The van der Waals surface area contributed by atoms with E-state index in [1.165, 1.54) is 0 Å². The molecule has 0 bridgehead atoms. The first-order valence-corrected chi connectivity index (χ1v) is 19.4. The van der Waals surface area contributed by atoms with Crippen LogP contribution in [0.2, 0.25) is 19.6 Å². The lowest BCUT2D eigenvalue weighted by Crippen LogP contribution is -2.56. The Bertz CT molecular complexity index is 1540. The molecule has 0 N–H and O–H groups in total. The molecule has 5 nitrogen and oxygen atoms in total. The first-order chi connectivity index (χ1) is 22.4. The van der Waals surface area contributed by atoms with Gasteiger partial charge in [-0.25, -0.2) is 0 Å². The van der Waals surface area contributed by atoms with E-state index in [0.29, 0.717) is 38.8 Å². The van der Waals surface area contributed by atoms with Crippen molar-refractivity contribution in [1.82, 2.24) is 0 Å². The molecule has 4 aromatic rings. The van der Waals surface area contributed by atoms with Gasteiger partial charge in [-0.05, 0) is 22.3 Å². The predicted octanol–water partition coefficient (Wildman–Crippen LogP) is 8.12. The minimum absolute atomic E-state index is 0.309. The first-order valence-electron chi connectivity index (χ1n) is 15.9. The Labute approximate surface area is 275 Å². The third-order valence-corrected chi connectivity index (χ3v) is 8.35. The smallest absolute Gasteiger partial charge is 0.150 e. The summed E-state index contributed by atoms with van der Waals surface area (Å²) in [6.45, 7) is 8.63. The second kappa shape index (κ2) is 17.1. The molecule has 1 aliphatic rings. The summed E-state index contributed by atoms with van der Waals surface area (Å²) in [5.74, 6) is 3.93. The van der Waals surface area contributed by atoms with Crippen molar-refractivity contribution in [2.45, 2.75) is 70.5 Å². The van der Waals surface area contributed by atoms with Crippen molar-refractivity contribution >= 4 is 8.07 Å². The molecule has 1 fully saturated rings. The molecule has 1 saturated heterocycles. The average Bonchev–Trinajstić information content (AvgIpc) is 3.07. The molecule has 0 radical (unpaired) electrons. The Morgan fingerprint density at radius 1 is 0.587 bits per heavy atom. The van der Waals surface area contributed by atoms with Crippen LogP contribution in [0.3, 0.4) is 0 Å². The lowest BCUT2D eigenvalue weighted by atomic mass is 9.96. The molecule has 0 aromatic heterocycles. The number of benzene rings is 4. The Morgan fingerprint density at radius 2 is 1.02 bits per heavy atom. The summed E-state index contributed by atoms with van der Waals surface area (Å²) >= 11 is 0. The van der Waals surface area contributed by atoms with E-state index in [2.05, 4.69) is 79.6 Å². The fraction of sp³-hybridized carbons (Fsp3) is 0.300. The van der Waals surface area contributed by atoms with Crippen LogP contribution in [0.25, 0.3) is 0 Å². The summed E-state index contributed by atoms with van der Waals surface area (Å²) in [6.07, 6.45) is -0.116. The second-order valence-electron chi connectivity index (χ2n) is 12.5. The summed E-state index contributed by atoms with van der Waals surface area (Å²) in [7, 11) is -1.63. The number of ether oxygens (including phenoxy) is 5. The Hall–Kier alpha value is -3.96. The summed E-state index contributed by atoms with van der Waals surface area (Å²) in [5, 5.41) is 0. The lowest BCUT2D eigenvalue weighted by Gasteiger charge is -2.43. The second-order valence-corrected chi connectivity index (χ2v) is 17.2. The van der Waals surface area contributed by atoms with Crippen molar-refractivity contribution < 1.29 is 23.7 Å². The fourth-order valence-corrected chi connectivity index (χ4v) is 5.65. The van der Waals surface area contributed by atoms with Crippen LogP contribution in [0.1, 0.15) is 22.3 Å². The Balaban J connectivity index is 1.48. The maximum absolute atomic E-state index is 6.78. The number of rotatable bonds is 13. The van der Waals surface area contributed by atoms with E-state index < -0.39 is 32.5 Å². The highest BCUT2D eigenvalue weighted by atomic mass is 28.3. The zero-order chi connectivity index (χ0) is 32.0. The summed E-state index contributed by atoms with van der Waals surface area (Å²) in [5.41, 5.74) is 7.74. The van der Waals surface area contributed by atoms with Crippen LogP contribution in [0.15, 0.2) is 133 Å². The fourth-order valence-electron chi connectivity index (χ4n) is 5.15. The van der Waals surface area contributed by atoms with Gasteiger partial charge in [0.1, 0.15) is 32.1 Å². The van der Waals surface area contributed by atoms with Crippen LogP contribution in [-0.4, -0.2) is 39.1 Å².